The first-order valence-electron chi connectivity index (χ1n) is 7.45. The molecule has 0 aliphatic heterocycles. The summed E-state index contributed by atoms with van der Waals surface area (Å²) >= 11 is 6.01. The van der Waals surface area contributed by atoms with Gasteiger partial charge in [0.1, 0.15) is 18.2 Å². The zero-order chi connectivity index (χ0) is 17.7. The molecule has 0 saturated carbocycles. The lowest BCUT2D eigenvalue weighted by Gasteiger charge is -2.11. The topological polar surface area (TPSA) is 83.0 Å². The van der Waals surface area contributed by atoms with Crippen LogP contribution in [0, 0.1) is 25.2 Å². The van der Waals surface area contributed by atoms with Gasteiger partial charge in [-0.3, -0.25) is 9.59 Å². The van der Waals surface area contributed by atoms with Crippen molar-refractivity contribution in [3.05, 3.63) is 67.6 Å². The molecule has 0 spiro atoms. The number of rotatable bonds is 5. The molecule has 2 aromatic rings. The number of hydrogen-bond acceptors (Lipinski definition) is 4. The summed E-state index contributed by atoms with van der Waals surface area (Å²) in [5, 5.41) is 9.61. The molecule has 6 heteroatoms. The van der Waals surface area contributed by atoms with Crippen LogP contribution in [-0.2, 0) is 22.6 Å². The van der Waals surface area contributed by atoms with E-state index in [2.05, 4.69) is 4.98 Å². The summed E-state index contributed by atoms with van der Waals surface area (Å²) in [4.78, 5) is 26.3. The number of pyridine rings is 1. The first-order valence-corrected chi connectivity index (χ1v) is 7.83. The largest absolute Gasteiger partial charge is 0.461 e. The summed E-state index contributed by atoms with van der Waals surface area (Å²) in [5.41, 5.74) is 2.49. The van der Waals surface area contributed by atoms with Crippen molar-refractivity contribution in [1.29, 1.82) is 5.26 Å². The molecule has 0 radical (unpaired) electrons. The first kappa shape index (κ1) is 17.8. The van der Waals surface area contributed by atoms with Crippen LogP contribution in [-0.4, -0.2) is 11.0 Å². The average molecular weight is 345 g/mol. The maximum Gasteiger partial charge on any atom is 0.306 e. The van der Waals surface area contributed by atoms with E-state index in [1.807, 2.05) is 18.2 Å². The highest BCUT2D eigenvalue weighted by atomic mass is 35.5. The second-order valence-electron chi connectivity index (χ2n) is 5.42. The molecule has 0 aliphatic carbocycles. The summed E-state index contributed by atoms with van der Waals surface area (Å²) in [7, 11) is 0. The molecule has 0 amide bonds. The van der Waals surface area contributed by atoms with Crippen LogP contribution in [0.4, 0.5) is 0 Å². The molecule has 1 aromatic carbocycles. The van der Waals surface area contributed by atoms with Gasteiger partial charge in [-0.1, -0.05) is 29.8 Å². The second kappa shape index (κ2) is 7.80. The molecule has 1 aromatic heterocycles. The molecule has 0 aliphatic rings. The number of H-pyrrole nitrogens is 1. The van der Waals surface area contributed by atoms with Crippen molar-refractivity contribution in [2.45, 2.75) is 33.3 Å². The number of aryl methyl sites for hydroxylation is 1. The van der Waals surface area contributed by atoms with E-state index in [0.717, 1.165) is 11.1 Å². The number of ether oxygens (including phenoxy) is 1. The Labute approximate surface area is 144 Å². The molecule has 0 fully saturated rings. The molecular formula is C18H17ClN2O3. The number of hydrogen-bond donors (Lipinski definition) is 1. The van der Waals surface area contributed by atoms with Gasteiger partial charge in [-0.05, 0) is 37.5 Å². The molecular weight excluding hydrogens is 328 g/mol. The Bertz CT molecular complexity index is 866. The Morgan fingerprint density at radius 3 is 2.71 bits per heavy atom. The number of aromatic nitrogens is 1. The monoisotopic (exact) mass is 344 g/mol. The third kappa shape index (κ3) is 4.03. The zero-order valence-electron chi connectivity index (χ0n) is 13.5. The number of aromatic amines is 1. The fraction of sp³-hybridized carbons (Fsp3) is 0.278. The van der Waals surface area contributed by atoms with Gasteiger partial charge in [0.25, 0.3) is 5.56 Å². The number of esters is 1. The van der Waals surface area contributed by atoms with Crippen LogP contribution < -0.4 is 5.56 Å². The van der Waals surface area contributed by atoms with Gasteiger partial charge in [-0.25, -0.2) is 0 Å². The van der Waals surface area contributed by atoms with Crippen LogP contribution in [0.2, 0.25) is 5.02 Å². The Morgan fingerprint density at radius 2 is 2.04 bits per heavy atom. The lowest BCUT2D eigenvalue weighted by Crippen LogP contribution is -2.17. The van der Waals surface area contributed by atoms with Crippen LogP contribution in [0.5, 0.6) is 0 Å². The van der Waals surface area contributed by atoms with Crippen LogP contribution in [0.1, 0.15) is 34.4 Å². The molecule has 1 N–H and O–H groups in total. The van der Waals surface area contributed by atoms with Crippen molar-refractivity contribution in [1.82, 2.24) is 4.98 Å². The number of carbonyl (C=O) groups is 1. The molecule has 1 heterocycles. The van der Waals surface area contributed by atoms with E-state index in [9.17, 15) is 9.59 Å². The number of carbonyl (C=O) groups excluding carboxylic acids is 1. The average Bonchev–Trinajstić information content (AvgIpc) is 2.54. The number of nitrogens with one attached hydrogen (secondary N) is 1. The van der Waals surface area contributed by atoms with Crippen LogP contribution in [0.3, 0.4) is 0 Å². The number of benzene rings is 1. The Morgan fingerprint density at radius 1 is 1.33 bits per heavy atom. The van der Waals surface area contributed by atoms with E-state index in [0.29, 0.717) is 22.7 Å². The minimum absolute atomic E-state index is 0.0834. The third-order valence-electron chi connectivity index (χ3n) is 3.85. The fourth-order valence-electron chi connectivity index (χ4n) is 2.49. The summed E-state index contributed by atoms with van der Waals surface area (Å²) < 4.78 is 5.23. The van der Waals surface area contributed by atoms with Crippen molar-refractivity contribution in [3.63, 3.8) is 0 Å². The molecule has 2 rings (SSSR count). The Hall–Kier alpha value is -2.58. The van der Waals surface area contributed by atoms with Gasteiger partial charge in [0, 0.05) is 22.7 Å². The van der Waals surface area contributed by atoms with E-state index in [1.165, 1.54) is 0 Å². The third-order valence-corrected chi connectivity index (χ3v) is 4.21. The molecule has 124 valence electrons. The van der Waals surface area contributed by atoms with Crippen LogP contribution in [0.15, 0.2) is 29.1 Å². The zero-order valence-corrected chi connectivity index (χ0v) is 14.2. The maximum atomic E-state index is 11.9. The number of halogens is 1. The lowest BCUT2D eigenvalue weighted by molar-refractivity contribution is -0.144. The van der Waals surface area contributed by atoms with Gasteiger partial charge in [0.15, 0.2) is 0 Å². The second-order valence-corrected chi connectivity index (χ2v) is 5.83. The predicted octanol–water partition coefficient (Wildman–Crippen LogP) is 3.19. The Kier molecular flexibility index (Phi) is 5.78. The van der Waals surface area contributed by atoms with Crippen molar-refractivity contribution in [2.24, 2.45) is 0 Å². The van der Waals surface area contributed by atoms with E-state index in [1.54, 1.807) is 26.0 Å². The van der Waals surface area contributed by atoms with Gasteiger partial charge < -0.3 is 9.72 Å². The molecule has 0 saturated heterocycles. The summed E-state index contributed by atoms with van der Waals surface area (Å²) in [6.07, 6.45) is 0.549. The minimum atomic E-state index is -0.405. The fourth-order valence-corrected chi connectivity index (χ4v) is 2.68. The van der Waals surface area contributed by atoms with Crippen molar-refractivity contribution in [3.8, 4) is 6.07 Å². The van der Waals surface area contributed by atoms with Crippen molar-refractivity contribution < 1.29 is 9.53 Å². The minimum Gasteiger partial charge on any atom is -0.461 e. The maximum absolute atomic E-state index is 11.9. The smallest absolute Gasteiger partial charge is 0.306 e. The number of nitriles is 1. The first-order chi connectivity index (χ1) is 11.4. The highest BCUT2D eigenvalue weighted by Gasteiger charge is 2.14. The molecule has 5 nitrogen and oxygen atoms in total. The van der Waals surface area contributed by atoms with E-state index >= 15 is 0 Å². The standard InChI is InChI=1S/C18H17ClN2O3/c1-11-14(12(2)21-18(23)15(11)9-20)7-8-17(22)24-10-13-5-3-4-6-16(13)19/h3-6H,7-8,10H2,1-2H3,(H,21,23). The van der Waals surface area contributed by atoms with Crippen molar-refractivity contribution in [2.75, 3.05) is 0 Å². The Balaban J connectivity index is 2.01. The molecule has 0 unspecified atom stereocenters. The van der Waals surface area contributed by atoms with Gasteiger partial charge in [-0.15, -0.1) is 0 Å². The van der Waals surface area contributed by atoms with Gasteiger partial charge in [0.05, 0.1) is 0 Å². The lowest BCUT2D eigenvalue weighted by atomic mass is 9.99. The molecule has 0 atom stereocenters. The summed E-state index contributed by atoms with van der Waals surface area (Å²) in [6.45, 7) is 3.58. The van der Waals surface area contributed by atoms with Crippen LogP contribution >= 0.6 is 11.6 Å². The SMILES string of the molecule is Cc1[nH]c(=O)c(C#N)c(C)c1CCC(=O)OCc1ccccc1Cl. The van der Waals surface area contributed by atoms with Crippen molar-refractivity contribution >= 4 is 17.6 Å². The van der Waals surface area contributed by atoms with Gasteiger partial charge in [0.2, 0.25) is 0 Å². The van der Waals surface area contributed by atoms with E-state index < -0.39 is 5.56 Å². The molecule has 24 heavy (non-hydrogen) atoms. The highest BCUT2D eigenvalue weighted by Crippen LogP contribution is 2.17. The summed E-state index contributed by atoms with van der Waals surface area (Å²) in [6, 6.07) is 9.06. The van der Waals surface area contributed by atoms with E-state index in [-0.39, 0.29) is 24.6 Å². The highest BCUT2D eigenvalue weighted by molar-refractivity contribution is 6.31. The normalized spacial score (nSPS) is 10.2. The van der Waals surface area contributed by atoms with Gasteiger partial charge in [-0.2, -0.15) is 5.26 Å². The summed E-state index contributed by atoms with van der Waals surface area (Å²) in [5.74, 6) is -0.363. The quantitative estimate of drug-likeness (QED) is 0.844. The van der Waals surface area contributed by atoms with Crippen LogP contribution in [0.25, 0.3) is 0 Å². The molecule has 0 bridgehead atoms. The van der Waals surface area contributed by atoms with E-state index in [4.69, 9.17) is 21.6 Å². The predicted molar refractivity (Wildman–Crippen MR) is 90.8 cm³/mol. The van der Waals surface area contributed by atoms with Gasteiger partial charge >= 0.3 is 5.97 Å². The number of nitrogens with zero attached hydrogens (tertiary/aromatic N) is 1.